The Kier molecular flexibility index (Phi) is 5.44. The van der Waals surface area contributed by atoms with Gasteiger partial charge in [-0.2, -0.15) is 0 Å². The Bertz CT molecular complexity index is 942. The first kappa shape index (κ1) is 18.7. The Morgan fingerprint density at radius 2 is 1.75 bits per heavy atom. The van der Waals surface area contributed by atoms with Crippen molar-refractivity contribution in [3.8, 4) is 16.3 Å². The number of ether oxygens (including phenoxy) is 1. The summed E-state index contributed by atoms with van der Waals surface area (Å²) in [4.78, 5) is 20.5. The van der Waals surface area contributed by atoms with Gasteiger partial charge in [0.25, 0.3) is 5.91 Å². The van der Waals surface area contributed by atoms with Crippen LogP contribution in [0, 0.1) is 6.92 Å². The summed E-state index contributed by atoms with van der Waals surface area (Å²) in [5.41, 5.74) is 3.20. The largest absolute Gasteiger partial charge is 0.497 e. The average Bonchev–Trinajstić information content (AvgIpc) is 3.15. The minimum atomic E-state index is 0.112. The summed E-state index contributed by atoms with van der Waals surface area (Å²) in [6, 6.07) is 18.4. The van der Waals surface area contributed by atoms with Gasteiger partial charge in [-0.25, -0.2) is 4.98 Å². The molecule has 0 saturated carbocycles. The summed E-state index contributed by atoms with van der Waals surface area (Å²) in [5.74, 6) is 1.47. The molecule has 0 aliphatic carbocycles. The SMILES string of the molecule is COc1ccc(-c2nc(C)c(C(=O)N3CCC(c4ccccc4)CC3)s2)cc1. The molecule has 2 heterocycles. The van der Waals surface area contributed by atoms with Crippen LogP contribution in [0.1, 0.15) is 39.7 Å². The standard InChI is InChI=1S/C23H24N2O2S/c1-16-21(28-22(24-16)19-8-10-20(27-2)11-9-19)23(26)25-14-12-18(13-15-25)17-6-4-3-5-7-17/h3-11,18H,12-15H2,1-2H3. The molecule has 1 fully saturated rings. The molecule has 1 aliphatic rings. The van der Waals surface area contributed by atoms with Gasteiger partial charge in [0, 0.05) is 18.7 Å². The molecular weight excluding hydrogens is 368 g/mol. The van der Waals surface area contributed by atoms with Gasteiger partial charge in [0.15, 0.2) is 0 Å². The van der Waals surface area contributed by atoms with Crippen LogP contribution in [0.4, 0.5) is 0 Å². The molecule has 144 valence electrons. The molecule has 0 atom stereocenters. The lowest BCUT2D eigenvalue weighted by molar-refractivity contribution is 0.0717. The zero-order valence-corrected chi connectivity index (χ0v) is 17.0. The fourth-order valence-electron chi connectivity index (χ4n) is 3.74. The molecule has 1 aliphatic heterocycles. The molecule has 0 unspecified atom stereocenters. The lowest BCUT2D eigenvalue weighted by Gasteiger charge is -2.32. The van der Waals surface area contributed by atoms with Crippen LogP contribution in [0.5, 0.6) is 5.75 Å². The number of aryl methyl sites for hydroxylation is 1. The van der Waals surface area contributed by atoms with Crippen molar-refractivity contribution in [1.82, 2.24) is 9.88 Å². The van der Waals surface area contributed by atoms with Crippen molar-refractivity contribution < 1.29 is 9.53 Å². The highest BCUT2D eigenvalue weighted by atomic mass is 32.1. The van der Waals surface area contributed by atoms with Gasteiger partial charge in [-0.15, -0.1) is 11.3 Å². The number of hydrogen-bond donors (Lipinski definition) is 0. The van der Waals surface area contributed by atoms with E-state index in [-0.39, 0.29) is 5.91 Å². The van der Waals surface area contributed by atoms with Gasteiger partial charge in [0.1, 0.15) is 15.6 Å². The summed E-state index contributed by atoms with van der Waals surface area (Å²) in [5, 5.41) is 0.877. The highest BCUT2D eigenvalue weighted by Crippen LogP contribution is 2.32. The molecule has 4 nitrogen and oxygen atoms in total. The van der Waals surface area contributed by atoms with Crippen molar-refractivity contribution in [3.05, 3.63) is 70.7 Å². The van der Waals surface area contributed by atoms with Gasteiger partial charge in [-0.3, -0.25) is 4.79 Å². The van der Waals surface area contributed by atoms with Crippen molar-refractivity contribution in [2.45, 2.75) is 25.7 Å². The number of carbonyl (C=O) groups is 1. The summed E-state index contributed by atoms with van der Waals surface area (Å²) in [6.45, 7) is 3.52. The number of carbonyl (C=O) groups excluding carboxylic acids is 1. The number of benzene rings is 2. The molecule has 5 heteroatoms. The van der Waals surface area contributed by atoms with Crippen molar-refractivity contribution in [2.24, 2.45) is 0 Å². The first-order valence-corrected chi connectivity index (χ1v) is 10.4. The minimum Gasteiger partial charge on any atom is -0.497 e. The molecule has 1 saturated heterocycles. The van der Waals surface area contributed by atoms with Gasteiger partial charge in [-0.05, 0) is 55.5 Å². The lowest BCUT2D eigenvalue weighted by Crippen LogP contribution is -2.37. The fraction of sp³-hybridized carbons (Fsp3) is 0.304. The third-order valence-electron chi connectivity index (χ3n) is 5.38. The second-order valence-corrected chi connectivity index (χ2v) is 8.14. The van der Waals surface area contributed by atoms with Crippen LogP contribution in [0.2, 0.25) is 0 Å². The second kappa shape index (κ2) is 8.15. The van der Waals surface area contributed by atoms with Crippen LogP contribution in [0.15, 0.2) is 54.6 Å². The number of rotatable bonds is 4. The highest BCUT2D eigenvalue weighted by molar-refractivity contribution is 7.17. The number of piperidine rings is 1. The van der Waals surface area contributed by atoms with E-state index in [1.54, 1.807) is 7.11 Å². The fourth-order valence-corrected chi connectivity index (χ4v) is 4.78. The van der Waals surface area contributed by atoms with E-state index in [1.165, 1.54) is 16.9 Å². The Hall–Kier alpha value is -2.66. The predicted molar refractivity (Wildman–Crippen MR) is 113 cm³/mol. The lowest BCUT2D eigenvalue weighted by atomic mass is 9.89. The molecule has 0 radical (unpaired) electrons. The van der Waals surface area contributed by atoms with Crippen LogP contribution < -0.4 is 4.74 Å². The monoisotopic (exact) mass is 392 g/mol. The molecule has 1 aromatic heterocycles. The van der Waals surface area contributed by atoms with E-state index in [9.17, 15) is 4.79 Å². The van der Waals surface area contributed by atoms with Crippen molar-refractivity contribution in [1.29, 1.82) is 0 Å². The third-order valence-corrected chi connectivity index (χ3v) is 6.58. The van der Waals surface area contributed by atoms with E-state index in [2.05, 4.69) is 35.3 Å². The normalized spacial score (nSPS) is 14.9. The van der Waals surface area contributed by atoms with Gasteiger partial charge in [0.05, 0.1) is 12.8 Å². The Morgan fingerprint density at radius 1 is 1.07 bits per heavy atom. The second-order valence-electron chi connectivity index (χ2n) is 7.14. The average molecular weight is 393 g/mol. The number of methoxy groups -OCH3 is 1. The number of nitrogens with zero attached hydrogens (tertiary/aromatic N) is 2. The summed E-state index contributed by atoms with van der Waals surface area (Å²) < 4.78 is 5.21. The van der Waals surface area contributed by atoms with Crippen LogP contribution in [0.25, 0.3) is 10.6 Å². The van der Waals surface area contributed by atoms with E-state index in [1.807, 2.05) is 36.1 Å². The Morgan fingerprint density at radius 3 is 2.39 bits per heavy atom. The number of amides is 1. The van der Waals surface area contributed by atoms with Crippen molar-refractivity contribution in [3.63, 3.8) is 0 Å². The summed E-state index contributed by atoms with van der Waals surface area (Å²) in [7, 11) is 1.65. The van der Waals surface area contributed by atoms with Gasteiger partial charge in [0.2, 0.25) is 0 Å². The van der Waals surface area contributed by atoms with E-state index in [0.29, 0.717) is 5.92 Å². The van der Waals surface area contributed by atoms with Crippen LogP contribution >= 0.6 is 11.3 Å². The quantitative estimate of drug-likeness (QED) is 0.617. The third kappa shape index (κ3) is 3.80. The first-order valence-electron chi connectivity index (χ1n) is 9.62. The highest BCUT2D eigenvalue weighted by Gasteiger charge is 2.27. The predicted octanol–water partition coefficient (Wildman–Crippen LogP) is 5.15. The number of aromatic nitrogens is 1. The smallest absolute Gasteiger partial charge is 0.265 e. The van der Waals surface area contributed by atoms with Crippen LogP contribution in [0.3, 0.4) is 0 Å². The molecule has 1 amide bonds. The van der Waals surface area contributed by atoms with Gasteiger partial charge in [-0.1, -0.05) is 30.3 Å². The van der Waals surface area contributed by atoms with E-state index >= 15 is 0 Å². The maximum atomic E-state index is 13.1. The molecular formula is C23H24N2O2S. The van der Waals surface area contributed by atoms with Crippen molar-refractivity contribution >= 4 is 17.2 Å². The first-order chi connectivity index (χ1) is 13.7. The van der Waals surface area contributed by atoms with Gasteiger partial charge < -0.3 is 9.64 Å². The van der Waals surface area contributed by atoms with E-state index in [4.69, 9.17) is 4.74 Å². The Balaban J connectivity index is 1.46. The summed E-state index contributed by atoms with van der Waals surface area (Å²) in [6.07, 6.45) is 2.03. The summed E-state index contributed by atoms with van der Waals surface area (Å²) >= 11 is 1.48. The number of likely N-dealkylation sites (tertiary alicyclic amines) is 1. The maximum absolute atomic E-state index is 13.1. The molecule has 28 heavy (non-hydrogen) atoms. The molecule has 2 aromatic carbocycles. The number of thiazole rings is 1. The number of hydrogen-bond acceptors (Lipinski definition) is 4. The van der Waals surface area contributed by atoms with E-state index < -0.39 is 0 Å². The van der Waals surface area contributed by atoms with Crippen LogP contribution in [-0.4, -0.2) is 36.0 Å². The Labute approximate surface area is 169 Å². The van der Waals surface area contributed by atoms with Crippen LogP contribution in [-0.2, 0) is 0 Å². The molecule has 0 N–H and O–H groups in total. The molecule has 0 spiro atoms. The van der Waals surface area contributed by atoms with Gasteiger partial charge >= 0.3 is 0 Å². The molecule has 3 aromatic rings. The minimum absolute atomic E-state index is 0.112. The van der Waals surface area contributed by atoms with E-state index in [0.717, 1.165) is 52.8 Å². The zero-order valence-electron chi connectivity index (χ0n) is 16.2. The maximum Gasteiger partial charge on any atom is 0.265 e. The topological polar surface area (TPSA) is 42.4 Å². The molecule has 4 rings (SSSR count). The zero-order chi connectivity index (χ0) is 19.5. The molecule has 0 bridgehead atoms. The van der Waals surface area contributed by atoms with Crippen molar-refractivity contribution in [2.75, 3.05) is 20.2 Å².